The highest BCUT2D eigenvalue weighted by molar-refractivity contribution is 6.24. The van der Waals surface area contributed by atoms with E-state index < -0.39 is 17.5 Å². The largest absolute Gasteiger partial charge is 0.507 e. The first-order chi connectivity index (χ1) is 8.97. The molecule has 0 aromatic heterocycles. The Labute approximate surface area is 109 Å². The summed E-state index contributed by atoms with van der Waals surface area (Å²) in [5.74, 6) is -1.85. The van der Waals surface area contributed by atoms with Crippen LogP contribution < -0.4 is 0 Å². The second kappa shape index (κ2) is 4.68. The molecule has 0 saturated carbocycles. The molecule has 2 rings (SSSR count). The van der Waals surface area contributed by atoms with Gasteiger partial charge < -0.3 is 9.84 Å². The lowest BCUT2D eigenvalue weighted by molar-refractivity contribution is 0.0524. The van der Waals surface area contributed by atoms with E-state index in [0.717, 1.165) is 12.2 Å². The van der Waals surface area contributed by atoms with Crippen LogP contribution in [0.1, 0.15) is 43.6 Å². The van der Waals surface area contributed by atoms with Crippen molar-refractivity contribution in [1.82, 2.24) is 0 Å². The van der Waals surface area contributed by atoms with Crippen LogP contribution in [-0.2, 0) is 4.74 Å². The predicted molar refractivity (Wildman–Crippen MR) is 66.6 cm³/mol. The van der Waals surface area contributed by atoms with Gasteiger partial charge in [0.15, 0.2) is 11.6 Å². The minimum Gasteiger partial charge on any atom is -0.507 e. The van der Waals surface area contributed by atoms with Crippen LogP contribution in [0.3, 0.4) is 0 Å². The van der Waals surface area contributed by atoms with Gasteiger partial charge in [0.05, 0.1) is 17.7 Å². The molecule has 0 aliphatic heterocycles. The fourth-order valence-corrected chi connectivity index (χ4v) is 1.96. The summed E-state index contributed by atoms with van der Waals surface area (Å²) < 4.78 is 4.85. The van der Waals surface area contributed by atoms with Crippen LogP contribution >= 0.6 is 0 Å². The number of rotatable bonds is 2. The van der Waals surface area contributed by atoms with Gasteiger partial charge in [-0.3, -0.25) is 9.59 Å². The van der Waals surface area contributed by atoms with Crippen LogP contribution in [0.5, 0.6) is 5.75 Å². The third-order valence-electron chi connectivity index (χ3n) is 2.95. The summed E-state index contributed by atoms with van der Waals surface area (Å²) in [7, 11) is 0. The maximum atomic E-state index is 11.7. The molecule has 0 fully saturated rings. The van der Waals surface area contributed by atoms with Crippen LogP contribution in [0.15, 0.2) is 18.2 Å². The summed E-state index contributed by atoms with van der Waals surface area (Å²) in [4.78, 5) is 35.2. The number of esters is 1. The molecule has 0 radical (unpaired) electrons. The van der Waals surface area contributed by atoms with Gasteiger partial charge in [0.1, 0.15) is 5.75 Å². The lowest BCUT2D eigenvalue weighted by Crippen LogP contribution is -2.16. The van der Waals surface area contributed by atoms with Gasteiger partial charge >= 0.3 is 5.97 Å². The van der Waals surface area contributed by atoms with Crippen LogP contribution in [0.2, 0.25) is 0 Å². The SMILES string of the molecule is CCOC(=O)c1cc2c(c(O)c1C)C(=O)C=CC2=O. The van der Waals surface area contributed by atoms with E-state index in [-0.39, 0.29) is 34.6 Å². The van der Waals surface area contributed by atoms with Crippen LogP contribution in [0.25, 0.3) is 0 Å². The number of carbonyl (C=O) groups excluding carboxylic acids is 3. The maximum absolute atomic E-state index is 11.7. The number of hydrogen-bond donors (Lipinski definition) is 1. The summed E-state index contributed by atoms with van der Waals surface area (Å²) in [5.41, 5.74) is 0.292. The number of phenolic OH excluding ortho intramolecular Hbond substituents is 1. The van der Waals surface area contributed by atoms with E-state index in [4.69, 9.17) is 4.74 Å². The number of ketones is 2. The fourth-order valence-electron chi connectivity index (χ4n) is 1.96. The van der Waals surface area contributed by atoms with Gasteiger partial charge in [-0.05, 0) is 32.1 Å². The molecule has 1 aromatic carbocycles. The molecule has 0 saturated heterocycles. The van der Waals surface area contributed by atoms with Crippen molar-refractivity contribution < 1.29 is 24.2 Å². The Hall–Kier alpha value is -2.43. The highest BCUT2D eigenvalue weighted by Crippen LogP contribution is 2.32. The molecule has 5 nitrogen and oxygen atoms in total. The summed E-state index contributed by atoms with van der Waals surface area (Å²) in [6.45, 7) is 3.34. The van der Waals surface area contributed by atoms with E-state index in [9.17, 15) is 19.5 Å². The first-order valence-electron chi connectivity index (χ1n) is 5.77. The summed E-state index contributed by atoms with van der Waals surface area (Å²) in [6.07, 6.45) is 2.22. The Bertz CT molecular complexity index is 625. The smallest absolute Gasteiger partial charge is 0.338 e. The number of phenols is 1. The average molecular weight is 260 g/mol. The van der Waals surface area contributed by atoms with E-state index >= 15 is 0 Å². The van der Waals surface area contributed by atoms with E-state index in [1.165, 1.54) is 13.0 Å². The second-order valence-electron chi connectivity index (χ2n) is 4.10. The second-order valence-corrected chi connectivity index (χ2v) is 4.10. The van der Waals surface area contributed by atoms with Gasteiger partial charge in [-0.1, -0.05) is 0 Å². The van der Waals surface area contributed by atoms with E-state index in [1.807, 2.05) is 0 Å². The number of aromatic hydroxyl groups is 1. The van der Waals surface area contributed by atoms with Crippen molar-refractivity contribution in [2.75, 3.05) is 6.61 Å². The topological polar surface area (TPSA) is 80.7 Å². The molecular formula is C14H12O5. The zero-order chi connectivity index (χ0) is 14.2. The van der Waals surface area contributed by atoms with Gasteiger partial charge in [0, 0.05) is 11.1 Å². The fraction of sp³-hybridized carbons (Fsp3) is 0.214. The van der Waals surface area contributed by atoms with Gasteiger partial charge in [-0.25, -0.2) is 4.79 Å². The van der Waals surface area contributed by atoms with E-state index in [2.05, 4.69) is 0 Å². The summed E-state index contributed by atoms with van der Waals surface area (Å²) in [5, 5.41) is 10.0. The quantitative estimate of drug-likeness (QED) is 0.820. The summed E-state index contributed by atoms with van der Waals surface area (Å²) >= 11 is 0. The Kier molecular flexibility index (Phi) is 3.21. The van der Waals surface area contributed by atoms with Crippen molar-refractivity contribution in [2.45, 2.75) is 13.8 Å². The first-order valence-corrected chi connectivity index (χ1v) is 5.77. The number of allylic oxidation sites excluding steroid dienone is 2. The molecule has 19 heavy (non-hydrogen) atoms. The molecule has 0 atom stereocenters. The predicted octanol–water partition coefficient (Wildman–Crippen LogP) is 1.81. The zero-order valence-electron chi connectivity index (χ0n) is 10.5. The van der Waals surface area contributed by atoms with Crippen molar-refractivity contribution in [3.05, 3.63) is 40.5 Å². The number of hydrogen-bond acceptors (Lipinski definition) is 5. The molecular weight excluding hydrogens is 248 g/mol. The Morgan fingerprint density at radius 3 is 2.53 bits per heavy atom. The first kappa shape index (κ1) is 13.0. The number of ether oxygens (including phenoxy) is 1. The molecule has 1 aliphatic carbocycles. The third kappa shape index (κ3) is 2.03. The van der Waals surface area contributed by atoms with Crippen molar-refractivity contribution in [3.63, 3.8) is 0 Å². The molecule has 1 aliphatic rings. The number of fused-ring (bicyclic) bond motifs is 1. The highest BCUT2D eigenvalue weighted by Gasteiger charge is 2.27. The van der Waals surface area contributed by atoms with Gasteiger partial charge in [0.2, 0.25) is 0 Å². The van der Waals surface area contributed by atoms with Gasteiger partial charge in [0.25, 0.3) is 0 Å². The molecule has 1 aromatic rings. The van der Waals surface area contributed by atoms with E-state index in [0.29, 0.717) is 0 Å². The normalized spacial score (nSPS) is 13.4. The van der Waals surface area contributed by atoms with E-state index in [1.54, 1.807) is 6.92 Å². The Morgan fingerprint density at radius 1 is 1.26 bits per heavy atom. The van der Waals surface area contributed by atoms with Gasteiger partial charge in [-0.15, -0.1) is 0 Å². The molecule has 0 unspecified atom stereocenters. The molecule has 0 spiro atoms. The van der Waals surface area contributed by atoms with Crippen molar-refractivity contribution >= 4 is 17.5 Å². The maximum Gasteiger partial charge on any atom is 0.338 e. The monoisotopic (exact) mass is 260 g/mol. The Balaban J connectivity index is 2.67. The standard InChI is InChI=1S/C14H12O5/c1-3-19-14(18)8-6-9-10(15)4-5-11(16)12(9)13(17)7(8)2/h4-6,17H,3H2,1-2H3. The van der Waals surface area contributed by atoms with Crippen LogP contribution in [0.4, 0.5) is 0 Å². The van der Waals surface area contributed by atoms with Crippen molar-refractivity contribution in [1.29, 1.82) is 0 Å². The molecule has 5 heteroatoms. The third-order valence-corrected chi connectivity index (χ3v) is 2.95. The van der Waals surface area contributed by atoms with Gasteiger partial charge in [-0.2, -0.15) is 0 Å². The summed E-state index contributed by atoms with van der Waals surface area (Å²) in [6, 6.07) is 1.30. The molecule has 1 N–H and O–H groups in total. The number of benzene rings is 1. The zero-order valence-corrected chi connectivity index (χ0v) is 10.5. The van der Waals surface area contributed by atoms with Crippen molar-refractivity contribution in [2.24, 2.45) is 0 Å². The van der Waals surface area contributed by atoms with Crippen LogP contribution in [0, 0.1) is 6.92 Å². The lowest BCUT2D eigenvalue weighted by Gasteiger charge is -2.15. The highest BCUT2D eigenvalue weighted by atomic mass is 16.5. The Morgan fingerprint density at radius 2 is 1.89 bits per heavy atom. The van der Waals surface area contributed by atoms with Crippen LogP contribution in [-0.4, -0.2) is 29.2 Å². The molecule has 0 amide bonds. The minimum absolute atomic E-state index is 0.0265. The minimum atomic E-state index is -0.632. The molecule has 0 bridgehead atoms. The number of carbonyl (C=O) groups is 3. The average Bonchev–Trinajstić information content (AvgIpc) is 2.37. The lowest BCUT2D eigenvalue weighted by atomic mass is 9.89. The molecule has 0 heterocycles. The molecule has 98 valence electrons. The van der Waals surface area contributed by atoms with Crippen molar-refractivity contribution in [3.8, 4) is 5.75 Å².